The van der Waals surface area contributed by atoms with E-state index >= 15 is 0 Å². The average molecular weight is 306 g/mol. The number of benzene rings is 1. The van der Waals surface area contributed by atoms with Crippen LogP contribution in [0.2, 0.25) is 0 Å². The Bertz CT molecular complexity index is 446. The Labute approximate surface area is 120 Å². The zero-order valence-electron chi connectivity index (χ0n) is 11.6. The summed E-state index contributed by atoms with van der Waals surface area (Å²) in [4.78, 5) is 12.0. The van der Waals surface area contributed by atoms with Gasteiger partial charge in [-0.25, -0.2) is 0 Å². The zero-order valence-corrected chi connectivity index (χ0v) is 11.6. The number of rotatable bonds is 9. The Balaban J connectivity index is 2.49. The van der Waals surface area contributed by atoms with E-state index in [9.17, 15) is 18.0 Å². The second kappa shape index (κ2) is 8.63. The number of ketones is 1. The summed E-state index contributed by atoms with van der Waals surface area (Å²) in [5, 5.41) is 0. The maximum absolute atomic E-state index is 12.0. The molecule has 0 radical (unpaired) electrons. The Morgan fingerprint density at radius 1 is 1.14 bits per heavy atom. The van der Waals surface area contributed by atoms with Crippen LogP contribution >= 0.6 is 0 Å². The van der Waals surface area contributed by atoms with E-state index in [1.807, 2.05) is 0 Å². The van der Waals surface area contributed by atoms with Crippen molar-refractivity contribution in [3.63, 3.8) is 0 Å². The number of alkyl halides is 3. The molecule has 118 valence electrons. The highest BCUT2D eigenvalue weighted by Gasteiger charge is 2.27. The highest BCUT2D eigenvalue weighted by molar-refractivity contribution is 5.98. The minimum Gasteiger partial charge on any atom is -0.490 e. The van der Waals surface area contributed by atoms with E-state index in [0.29, 0.717) is 17.9 Å². The Morgan fingerprint density at radius 3 is 2.52 bits per heavy atom. The fourth-order valence-corrected chi connectivity index (χ4v) is 1.55. The normalized spacial score (nSPS) is 11.4. The number of Topliss-reactive ketones (excluding diaryl/α,β-unsaturated/α-hetero) is 1. The van der Waals surface area contributed by atoms with Gasteiger partial charge in [0.05, 0.1) is 18.8 Å². The molecule has 0 amide bonds. The van der Waals surface area contributed by atoms with E-state index in [0.717, 1.165) is 0 Å². The van der Waals surface area contributed by atoms with E-state index in [1.54, 1.807) is 24.3 Å². The standard InChI is InChI=1S/C14H17F3O4/c1-19-8-9-21-13-5-3-2-4-11(13)12(18)6-7-20-10-14(15,16)17/h2-5H,6-10H2,1H3. The van der Waals surface area contributed by atoms with Crippen LogP contribution in [0.1, 0.15) is 16.8 Å². The number of ether oxygens (including phenoxy) is 3. The Kier molecular flexibility index (Phi) is 7.18. The van der Waals surface area contributed by atoms with Crippen molar-refractivity contribution in [1.82, 2.24) is 0 Å². The molecule has 4 nitrogen and oxygen atoms in total. The van der Waals surface area contributed by atoms with Crippen LogP contribution < -0.4 is 4.74 Å². The maximum Gasteiger partial charge on any atom is 0.411 e. The summed E-state index contributed by atoms with van der Waals surface area (Å²) in [5.74, 6) is 0.0561. The van der Waals surface area contributed by atoms with Gasteiger partial charge in [0.2, 0.25) is 0 Å². The van der Waals surface area contributed by atoms with Crippen molar-refractivity contribution in [2.75, 3.05) is 33.5 Å². The Morgan fingerprint density at radius 2 is 1.86 bits per heavy atom. The third kappa shape index (κ3) is 7.10. The summed E-state index contributed by atoms with van der Waals surface area (Å²) in [6, 6.07) is 6.56. The van der Waals surface area contributed by atoms with Crippen molar-refractivity contribution < 1.29 is 32.2 Å². The van der Waals surface area contributed by atoms with E-state index in [-0.39, 0.29) is 25.4 Å². The largest absolute Gasteiger partial charge is 0.490 e. The smallest absolute Gasteiger partial charge is 0.411 e. The SMILES string of the molecule is COCCOc1ccccc1C(=O)CCOCC(F)(F)F. The lowest BCUT2D eigenvalue weighted by Gasteiger charge is -2.11. The van der Waals surface area contributed by atoms with Crippen molar-refractivity contribution in [1.29, 1.82) is 0 Å². The number of carbonyl (C=O) groups is 1. The van der Waals surface area contributed by atoms with Gasteiger partial charge in [-0.3, -0.25) is 4.79 Å². The molecule has 0 heterocycles. The molecule has 1 rings (SSSR count). The summed E-state index contributed by atoms with van der Waals surface area (Å²) in [7, 11) is 1.53. The van der Waals surface area contributed by atoms with Crippen LogP contribution in [-0.2, 0) is 9.47 Å². The van der Waals surface area contributed by atoms with Gasteiger partial charge in [-0.15, -0.1) is 0 Å². The minimum absolute atomic E-state index is 0.138. The van der Waals surface area contributed by atoms with E-state index < -0.39 is 12.8 Å². The highest BCUT2D eigenvalue weighted by atomic mass is 19.4. The van der Waals surface area contributed by atoms with Gasteiger partial charge >= 0.3 is 6.18 Å². The summed E-state index contributed by atoms with van der Waals surface area (Å²) < 4.78 is 50.3. The first kappa shape index (κ1) is 17.5. The van der Waals surface area contributed by atoms with Crippen molar-refractivity contribution in [3.8, 4) is 5.75 Å². The van der Waals surface area contributed by atoms with Gasteiger partial charge < -0.3 is 14.2 Å². The van der Waals surface area contributed by atoms with Gasteiger partial charge in [0.25, 0.3) is 0 Å². The summed E-state index contributed by atoms with van der Waals surface area (Å²) in [6.07, 6.45) is -4.52. The van der Waals surface area contributed by atoms with E-state index in [2.05, 4.69) is 4.74 Å². The number of halogens is 3. The second-order valence-corrected chi connectivity index (χ2v) is 4.18. The molecule has 0 aliphatic heterocycles. The van der Waals surface area contributed by atoms with Crippen molar-refractivity contribution >= 4 is 5.78 Å². The lowest BCUT2D eigenvalue weighted by Crippen LogP contribution is -2.18. The van der Waals surface area contributed by atoms with E-state index in [1.165, 1.54) is 7.11 Å². The number of hydrogen-bond donors (Lipinski definition) is 0. The first-order valence-electron chi connectivity index (χ1n) is 6.32. The molecule has 0 atom stereocenters. The maximum atomic E-state index is 12.0. The molecule has 7 heteroatoms. The molecular formula is C14H17F3O4. The first-order chi connectivity index (χ1) is 9.94. The molecule has 0 saturated carbocycles. The lowest BCUT2D eigenvalue weighted by molar-refractivity contribution is -0.173. The fraction of sp³-hybridized carbons (Fsp3) is 0.500. The molecule has 0 aliphatic rings. The third-order valence-corrected chi connectivity index (χ3v) is 2.47. The number of hydrogen-bond acceptors (Lipinski definition) is 4. The van der Waals surface area contributed by atoms with Gasteiger partial charge in [0, 0.05) is 13.5 Å². The third-order valence-electron chi connectivity index (χ3n) is 2.47. The highest BCUT2D eigenvalue weighted by Crippen LogP contribution is 2.20. The van der Waals surface area contributed by atoms with Crippen molar-refractivity contribution in [2.24, 2.45) is 0 Å². The summed E-state index contributed by atoms with van der Waals surface area (Å²) >= 11 is 0. The summed E-state index contributed by atoms with van der Waals surface area (Å²) in [6.45, 7) is -0.987. The molecule has 0 bridgehead atoms. The topological polar surface area (TPSA) is 44.8 Å². The van der Waals surface area contributed by atoms with Crippen LogP contribution in [0.5, 0.6) is 5.75 Å². The number of methoxy groups -OCH3 is 1. The summed E-state index contributed by atoms with van der Waals surface area (Å²) in [5.41, 5.74) is 0.323. The molecule has 0 unspecified atom stereocenters. The average Bonchev–Trinajstić information content (AvgIpc) is 2.43. The van der Waals surface area contributed by atoms with Gasteiger partial charge in [-0.1, -0.05) is 12.1 Å². The molecule has 21 heavy (non-hydrogen) atoms. The Hall–Kier alpha value is -1.60. The van der Waals surface area contributed by atoms with Crippen LogP contribution in [0, 0.1) is 0 Å². The predicted octanol–water partition coefficient (Wildman–Crippen LogP) is 2.86. The zero-order chi connectivity index (χ0) is 15.7. The monoisotopic (exact) mass is 306 g/mol. The molecular weight excluding hydrogens is 289 g/mol. The molecule has 0 N–H and O–H groups in total. The molecule has 1 aromatic rings. The molecule has 0 saturated heterocycles. The van der Waals surface area contributed by atoms with Crippen molar-refractivity contribution in [2.45, 2.75) is 12.6 Å². The van der Waals surface area contributed by atoms with Crippen LogP contribution in [0.15, 0.2) is 24.3 Å². The molecule has 0 aliphatic carbocycles. The van der Waals surface area contributed by atoms with Gasteiger partial charge in [0.15, 0.2) is 5.78 Å². The molecule has 0 spiro atoms. The van der Waals surface area contributed by atoms with Gasteiger partial charge in [-0.05, 0) is 12.1 Å². The second-order valence-electron chi connectivity index (χ2n) is 4.18. The lowest BCUT2D eigenvalue weighted by atomic mass is 10.1. The number of carbonyl (C=O) groups excluding carboxylic acids is 1. The van der Waals surface area contributed by atoms with Gasteiger partial charge in [-0.2, -0.15) is 13.2 Å². The van der Waals surface area contributed by atoms with Crippen molar-refractivity contribution in [3.05, 3.63) is 29.8 Å². The van der Waals surface area contributed by atoms with Crippen LogP contribution in [-0.4, -0.2) is 45.5 Å². The first-order valence-corrected chi connectivity index (χ1v) is 6.32. The quantitative estimate of drug-likeness (QED) is 0.520. The molecule has 0 fully saturated rings. The fourth-order valence-electron chi connectivity index (χ4n) is 1.55. The van der Waals surface area contributed by atoms with E-state index in [4.69, 9.17) is 9.47 Å². The predicted molar refractivity (Wildman–Crippen MR) is 69.6 cm³/mol. The molecule has 0 aromatic heterocycles. The van der Waals surface area contributed by atoms with Gasteiger partial charge in [0.1, 0.15) is 19.0 Å². The van der Waals surface area contributed by atoms with Crippen LogP contribution in [0.3, 0.4) is 0 Å². The molecule has 1 aromatic carbocycles. The number of para-hydroxylation sites is 1. The minimum atomic E-state index is -4.38. The van der Waals surface area contributed by atoms with Crippen LogP contribution in [0.4, 0.5) is 13.2 Å². The van der Waals surface area contributed by atoms with Crippen LogP contribution in [0.25, 0.3) is 0 Å².